The summed E-state index contributed by atoms with van der Waals surface area (Å²) in [6.07, 6.45) is 0. The molecule has 0 unspecified atom stereocenters. The number of carbonyl (C=O) groups excluding carboxylic acids is 1. The third kappa shape index (κ3) is 1.44. The Bertz CT molecular complexity index is 334. The van der Waals surface area contributed by atoms with Gasteiger partial charge in [0.1, 0.15) is 5.82 Å². The van der Waals surface area contributed by atoms with Crippen molar-refractivity contribution in [1.82, 2.24) is 0 Å². The van der Waals surface area contributed by atoms with Gasteiger partial charge in [0.2, 0.25) is 0 Å². The molecule has 0 radical (unpaired) electrons. The first-order valence-electron chi connectivity index (χ1n) is 3.59. The van der Waals surface area contributed by atoms with Gasteiger partial charge in [0, 0.05) is 11.3 Å². The van der Waals surface area contributed by atoms with Gasteiger partial charge in [-0.25, -0.2) is 4.39 Å². The normalized spacial score (nSPS) is 9.92. The van der Waals surface area contributed by atoms with Crippen molar-refractivity contribution in [2.75, 3.05) is 5.73 Å². The lowest BCUT2D eigenvalue weighted by atomic mass is 10.1. The number of hydrogen-bond acceptors (Lipinski definition) is 2. The largest absolute Gasteiger partial charge is 0.398 e. The standard InChI is InChI=1S/C9H10FNO/c1-5-3-7(10)4-8(6(2)12)9(5)11/h3-4H,11H2,1-2H3. The van der Waals surface area contributed by atoms with Crippen LogP contribution in [0.5, 0.6) is 0 Å². The average Bonchev–Trinajstić information content (AvgIpc) is 1.96. The van der Waals surface area contributed by atoms with E-state index in [1.807, 2.05) is 0 Å². The third-order valence-electron chi connectivity index (χ3n) is 1.73. The first kappa shape index (κ1) is 8.71. The van der Waals surface area contributed by atoms with Gasteiger partial charge in [0.15, 0.2) is 5.78 Å². The molecule has 1 aromatic carbocycles. The molecule has 0 saturated carbocycles. The highest BCUT2D eigenvalue weighted by molar-refractivity contribution is 5.99. The Labute approximate surface area is 70.2 Å². The van der Waals surface area contributed by atoms with Crippen LogP contribution in [0.3, 0.4) is 0 Å². The highest BCUT2D eigenvalue weighted by atomic mass is 19.1. The third-order valence-corrected chi connectivity index (χ3v) is 1.73. The number of nitrogens with two attached hydrogens (primary N) is 1. The molecule has 0 aromatic heterocycles. The lowest BCUT2D eigenvalue weighted by molar-refractivity contribution is 0.101. The van der Waals surface area contributed by atoms with E-state index in [2.05, 4.69) is 0 Å². The van der Waals surface area contributed by atoms with Crippen LogP contribution in [0.2, 0.25) is 0 Å². The molecule has 0 aliphatic heterocycles. The SMILES string of the molecule is CC(=O)c1cc(F)cc(C)c1N. The Hall–Kier alpha value is -1.38. The van der Waals surface area contributed by atoms with Gasteiger partial charge in [-0.05, 0) is 31.5 Å². The lowest BCUT2D eigenvalue weighted by Gasteiger charge is -2.04. The quantitative estimate of drug-likeness (QED) is 0.513. The fraction of sp³-hybridized carbons (Fsp3) is 0.222. The summed E-state index contributed by atoms with van der Waals surface area (Å²) >= 11 is 0. The van der Waals surface area contributed by atoms with Crippen LogP contribution in [-0.4, -0.2) is 5.78 Å². The molecule has 2 N–H and O–H groups in total. The van der Waals surface area contributed by atoms with E-state index in [9.17, 15) is 9.18 Å². The number of Topliss-reactive ketones (excluding diaryl/α,β-unsaturated/α-hetero) is 1. The van der Waals surface area contributed by atoms with Gasteiger partial charge in [-0.15, -0.1) is 0 Å². The van der Waals surface area contributed by atoms with Gasteiger partial charge in [0.25, 0.3) is 0 Å². The molecular weight excluding hydrogens is 157 g/mol. The molecule has 0 spiro atoms. The molecule has 0 heterocycles. The van der Waals surface area contributed by atoms with E-state index in [1.165, 1.54) is 13.0 Å². The number of benzene rings is 1. The molecule has 1 rings (SSSR count). The van der Waals surface area contributed by atoms with Crippen molar-refractivity contribution in [2.45, 2.75) is 13.8 Å². The van der Waals surface area contributed by atoms with E-state index in [4.69, 9.17) is 5.73 Å². The number of carbonyl (C=O) groups is 1. The molecular formula is C9H10FNO. The topological polar surface area (TPSA) is 43.1 Å². The van der Waals surface area contributed by atoms with Gasteiger partial charge in [0.05, 0.1) is 0 Å². The summed E-state index contributed by atoms with van der Waals surface area (Å²) in [7, 11) is 0. The molecule has 0 fully saturated rings. The lowest BCUT2D eigenvalue weighted by Crippen LogP contribution is -2.02. The number of ketones is 1. The molecule has 0 aliphatic carbocycles. The number of halogens is 1. The predicted molar refractivity (Wildman–Crippen MR) is 45.6 cm³/mol. The molecule has 3 heteroatoms. The minimum absolute atomic E-state index is 0.213. The van der Waals surface area contributed by atoms with E-state index in [0.717, 1.165) is 6.07 Å². The Morgan fingerprint density at radius 3 is 2.58 bits per heavy atom. The average molecular weight is 167 g/mol. The maximum atomic E-state index is 12.8. The highest BCUT2D eigenvalue weighted by Crippen LogP contribution is 2.18. The summed E-state index contributed by atoms with van der Waals surface area (Å²) in [4.78, 5) is 10.9. The number of hydrogen-bond donors (Lipinski definition) is 1. The van der Waals surface area contributed by atoms with Gasteiger partial charge in [-0.1, -0.05) is 0 Å². The zero-order valence-corrected chi connectivity index (χ0v) is 7.02. The van der Waals surface area contributed by atoms with Crippen molar-refractivity contribution in [3.05, 3.63) is 29.1 Å². The zero-order chi connectivity index (χ0) is 9.30. The van der Waals surface area contributed by atoms with Gasteiger partial charge < -0.3 is 5.73 Å². The number of nitrogen functional groups attached to an aromatic ring is 1. The summed E-state index contributed by atoms with van der Waals surface area (Å²) in [5, 5.41) is 0. The Balaban J connectivity index is 3.37. The van der Waals surface area contributed by atoms with Crippen LogP contribution in [0.1, 0.15) is 22.8 Å². The van der Waals surface area contributed by atoms with Crippen LogP contribution < -0.4 is 5.73 Å². The molecule has 0 atom stereocenters. The molecule has 0 amide bonds. The summed E-state index contributed by atoms with van der Waals surface area (Å²) in [5.74, 6) is -0.637. The van der Waals surface area contributed by atoms with Gasteiger partial charge in [-0.2, -0.15) is 0 Å². The smallest absolute Gasteiger partial charge is 0.161 e. The van der Waals surface area contributed by atoms with Gasteiger partial charge in [-0.3, -0.25) is 4.79 Å². The first-order valence-corrected chi connectivity index (χ1v) is 3.59. The predicted octanol–water partition coefficient (Wildman–Crippen LogP) is 1.92. The maximum Gasteiger partial charge on any atom is 0.161 e. The van der Waals surface area contributed by atoms with E-state index < -0.39 is 5.82 Å². The summed E-state index contributed by atoms with van der Waals surface area (Å²) in [5.41, 5.74) is 6.78. The minimum atomic E-state index is -0.424. The first-order chi connectivity index (χ1) is 5.52. The van der Waals surface area contributed by atoms with E-state index >= 15 is 0 Å². The molecule has 64 valence electrons. The molecule has 1 aromatic rings. The van der Waals surface area contributed by atoms with E-state index in [0.29, 0.717) is 11.3 Å². The monoisotopic (exact) mass is 167 g/mol. The van der Waals surface area contributed by atoms with Crippen LogP contribution in [0.4, 0.5) is 10.1 Å². The van der Waals surface area contributed by atoms with E-state index in [1.54, 1.807) is 6.92 Å². The van der Waals surface area contributed by atoms with Crippen LogP contribution >= 0.6 is 0 Å². The zero-order valence-electron chi connectivity index (χ0n) is 7.02. The molecule has 0 aliphatic rings. The number of aryl methyl sites for hydroxylation is 1. The van der Waals surface area contributed by atoms with Crippen LogP contribution in [0.25, 0.3) is 0 Å². The second kappa shape index (κ2) is 2.93. The second-order valence-electron chi connectivity index (χ2n) is 2.74. The van der Waals surface area contributed by atoms with E-state index in [-0.39, 0.29) is 11.3 Å². The highest BCUT2D eigenvalue weighted by Gasteiger charge is 2.08. The van der Waals surface area contributed by atoms with Crippen LogP contribution in [0.15, 0.2) is 12.1 Å². The number of anilines is 1. The molecule has 2 nitrogen and oxygen atoms in total. The van der Waals surface area contributed by atoms with Crippen LogP contribution in [0, 0.1) is 12.7 Å². The fourth-order valence-electron chi connectivity index (χ4n) is 1.05. The maximum absolute atomic E-state index is 12.8. The minimum Gasteiger partial charge on any atom is -0.398 e. The Morgan fingerprint density at radius 1 is 1.50 bits per heavy atom. The Kier molecular flexibility index (Phi) is 2.13. The number of rotatable bonds is 1. The summed E-state index contributed by atoms with van der Waals surface area (Å²) in [6.45, 7) is 3.04. The Morgan fingerprint density at radius 2 is 2.08 bits per heavy atom. The van der Waals surface area contributed by atoms with Crippen molar-refractivity contribution in [1.29, 1.82) is 0 Å². The van der Waals surface area contributed by atoms with Crippen molar-refractivity contribution in [3.8, 4) is 0 Å². The molecule has 0 bridgehead atoms. The van der Waals surface area contributed by atoms with Crippen molar-refractivity contribution in [3.63, 3.8) is 0 Å². The van der Waals surface area contributed by atoms with Crippen molar-refractivity contribution in [2.24, 2.45) is 0 Å². The summed E-state index contributed by atoms with van der Waals surface area (Å²) in [6, 6.07) is 2.46. The molecule has 0 saturated heterocycles. The van der Waals surface area contributed by atoms with Crippen molar-refractivity contribution >= 4 is 11.5 Å². The summed E-state index contributed by atoms with van der Waals surface area (Å²) < 4.78 is 12.8. The van der Waals surface area contributed by atoms with Crippen LogP contribution in [-0.2, 0) is 0 Å². The van der Waals surface area contributed by atoms with Crippen molar-refractivity contribution < 1.29 is 9.18 Å². The molecule has 12 heavy (non-hydrogen) atoms. The second-order valence-corrected chi connectivity index (χ2v) is 2.74. The van der Waals surface area contributed by atoms with Gasteiger partial charge >= 0.3 is 0 Å². The fourth-order valence-corrected chi connectivity index (χ4v) is 1.05.